The Bertz CT molecular complexity index is 1270. The summed E-state index contributed by atoms with van der Waals surface area (Å²) in [6.45, 7) is 4.25. The number of rotatable bonds is 7. The average Bonchev–Trinajstić information content (AvgIpc) is 3.23. The molecule has 2 aromatic heterocycles. The zero-order valence-corrected chi connectivity index (χ0v) is 19.2. The highest BCUT2D eigenvalue weighted by molar-refractivity contribution is 7.15. The number of ether oxygens (including phenoxy) is 2. The maximum atomic E-state index is 13.2. The van der Waals surface area contributed by atoms with Crippen LogP contribution in [0.25, 0.3) is 22.2 Å². The average molecular weight is 449 g/mol. The van der Waals surface area contributed by atoms with Gasteiger partial charge in [-0.15, -0.1) is 10.2 Å². The number of fused-ring (bicyclic) bond motifs is 1. The van der Waals surface area contributed by atoms with E-state index in [2.05, 4.69) is 29.4 Å². The molecule has 4 aromatic rings. The van der Waals surface area contributed by atoms with E-state index >= 15 is 0 Å². The molecule has 0 saturated heterocycles. The quantitative estimate of drug-likeness (QED) is 0.417. The van der Waals surface area contributed by atoms with E-state index in [1.165, 1.54) is 11.3 Å². The van der Waals surface area contributed by atoms with Crippen LogP contribution in [0.15, 0.2) is 48.5 Å². The normalized spacial score (nSPS) is 11.0. The minimum absolute atomic E-state index is 0.252. The molecule has 2 heterocycles. The lowest BCUT2D eigenvalue weighted by molar-refractivity contribution is 0.102. The Labute approximate surface area is 190 Å². The van der Waals surface area contributed by atoms with Gasteiger partial charge in [0.1, 0.15) is 5.01 Å². The van der Waals surface area contributed by atoms with Crippen LogP contribution >= 0.6 is 11.3 Å². The molecule has 0 aliphatic carbocycles. The van der Waals surface area contributed by atoms with Crippen LogP contribution in [0.1, 0.15) is 29.2 Å². The lowest BCUT2D eigenvalue weighted by atomic mass is 10.0. The van der Waals surface area contributed by atoms with E-state index in [0.29, 0.717) is 33.8 Å². The molecule has 0 aliphatic rings. The maximum Gasteiger partial charge on any atom is 0.258 e. The van der Waals surface area contributed by atoms with Crippen LogP contribution < -0.4 is 14.8 Å². The first kappa shape index (κ1) is 21.7. The van der Waals surface area contributed by atoms with Gasteiger partial charge in [-0.05, 0) is 36.2 Å². The zero-order valence-electron chi connectivity index (χ0n) is 18.4. The molecule has 4 rings (SSSR count). The summed E-state index contributed by atoms with van der Waals surface area (Å²) in [6.07, 6.45) is 0.829. The van der Waals surface area contributed by atoms with Gasteiger partial charge in [0.05, 0.1) is 31.0 Å². The number of amides is 1. The predicted molar refractivity (Wildman–Crippen MR) is 127 cm³/mol. The fourth-order valence-electron chi connectivity index (χ4n) is 3.41. The van der Waals surface area contributed by atoms with Crippen LogP contribution in [0.4, 0.5) is 5.13 Å². The number of carbonyl (C=O) groups excluding carboxylic acids is 1. The smallest absolute Gasteiger partial charge is 0.258 e. The molecule has 0 radical (unpaired) electrons. The second kappa shape index (κ2) is 9.32. The molecule has 0 unspecified atom stereocenters. The second-order valence-corrected chi connectivity index (χ2v) is 8.76. The van der Waals surface area contributed by atoms with Gasteiger partial charge in [-0.1, -0.05) is 43.4 Å². The Morgan fingerprint density at radius 1 is 1.03 bits per heavy atom. The Kier molecular flexibility index (Phi) is 6.32. The lowest BCUT2D eigenvalue weighted by Gasteiger charge is -2.12. The fraction of sp³-hybridized carbons (Fsp3) is 0.250. The van der Waals surface area contributed by atoms with E-state index in [1.54, 1.807) is 20.3 Å². The third-order valence-electron chi connectivity index (χ3n) is 4.91. The van der Waals surface area contributed by atoms with Crippen molar-refractivity contribution < 1.29 is 14.3 Å². The predicted octanol–water partition coefficient (Wildman–Crippen LogP) is 5.22. The monoisotopic (exact) mass is 448 g/mol. The van der Waals surface area contributed by atoms with E-state index in [9.17, 15) is 4.79 Å². The summed E-state index contributed by atoms with van der Waals surface area (Å²) in [6, 6.07) is 14.9. The van der Waals surface area contributed by atoms with Crippen LogP contribution in [0.3, 0.4) is 0 Å². The molecular formula is C24H24N4O3S. The summed E-state index contributed by atoms with van der Waals surface area (Å²) >= 11 is 1.40. The number of hydrogen-bond donors (Lipinski definition) is 1. The number of anilines is 1. The molecule has 1 amide bonds. The lowest BCUT2D eigenvalue weighted by Crippen LogP contribution is -2.13. The Morgan fingerprint density at radius 3 is 2.56 bits per heavy atom. The first-order valence-electron chi connectivity index (χ1n) is 10.2. The van der Waals surface area contributed by atoms with E-state index in [0.717, 1.165) is 27.9 Å². The number of methoxy groups -OCH3 is 2. The molecule has 7 nitrogen and oxygen atoms in total. The molecule has 0 atom stereocenters. The molecule has 0 bridgehead atoms. The number of pyridine rings is 1. The molecule has 164 valence electrons. The highest BCUT2D eigenvalue weighted by atomic mass is 32.1. The van der Waals surface area contributed by atoms with E-state index in [-0.39, 0.29) is 5.91 Å². The molecule has 0 saturated carbocycles. The summed E-state index contributed by atoms with van der Waals surface area (Å²) in [5, 5.41) is 13.4. The topological polar surface area (TPSA) is 86.2 Å². The number of benzene rings is 2. The van der Waals surface area contributed by atoms with Crippen molar-refractivity contribution in [3.8, 4) is 22.8 Å². The number of nitrogens with one attached hydrogen (secondary N) is 1. The van der Waals surface area contributed by atoms with Crippen LogP contribution in [0.2, 0.25) is 0 Å². The largest absolute Gasteiger partial charge is 0.493 e. The van der Waals surface area contributed by atoms with E-state index < -0.39 is 0 Å². The van der Waals surface area contributed by atoms with Gasteiger partial charge < -0.3 is 9.47 Å². The number of hydrogen-bond acceptors (Lipinski definition) is 7. The standard InChI is InChI=1S/C24H24N4O3S/c1-14(2)11-22-27-28-24(32-22)26-23(29)17-13-19(25-18-8-6-5-7-16(17)18)15-9-10-20(30-3)21(12-15)31-4/h5-10,12-14H,11H2,1-4H3,(H,26,28,29). The third kappa shape index (κ3) is 4.55. The second-order valence-electron chi connectivity index (χ2n) is 7.70. The zero-order chi connectivity index (χ0) is 22.7. The van der Waals surface area contributed by atoms with Crippen LogP contribution in [0.5, 0.6) is 11.5 Å². The van der Waals surface area contributed by atoms with Crippen molar-refractivity contribution in [3.05, 3.63) is 59.1 Å². The summed E-state index contributed by atoms with van der Waals surface area (Å²) < 4.78 is 10.8. The SMILES string of the molecule is COc1ccc(-c2cc(C(=O)Nc3nnc(CC(C)C)s3)c3ccccc3n2)cc1OC. The van der Waals surface area contributed by atoms with Gasteiger partial charge in [0.15, 0.2) is 11.5 Å². The summed E-state index contributed by atoms with van der Waals surface area (Å²) in [5.41, 5.74) is 2.72. The molecule has 1 N–H and O–H groups in total. The minimum Gasteiger partial charge on any atom is -0.493 e. The fourth-order valence-corrected chi connectivity index (χ4v) is 4.35. The van der Waals surface area contributed by atoms with Gasteiger partial charge in [-0.25, -0.2) is 4.98 Å². The number of carbonyl (C=O) groups is 1. The van der Waals surface area contributed by atoms with Gasteiger partial charge in [-0.3, -0.25) is 10.1 Å². The van der Waals surface area contributed by atoms with Crippen molar-refractivity contribution in [1.82, 2.24) is 15.2 Å². The van der Waals surface area contributed by atoms with Gasteiger partial charge in [-0.2, -0.15) is 0 Å². The number of nitrogens with zero attached hydrogens (tertiary/aromatic N) is 3. The Hall–Kier alpha value is -3.52. The van der Waals surface area contributed by atoms with Gasteiger partial charge in [0, 0.05) is 17.4 Å². The van der Waals surface area contributed by atoms with Crippen LogP contribution in [-0.2, 0) is 6.42 Å². The molecular weight excluding hydrogens is 424 g/mol. The molecule has 8 heteroatoms. The van der Waals surface area contributed by atoms with Crippen LogP contribution in [0, 0.1) is 5.92 Å². The number of para-hydroxylation sites is 1. The minimum atomic E-state index is -0.252. The molecule has 0 fully saturated rings. The number of aromatic nitrogens is 3. The summed E-state index contributed by atoms with van der Waals surface area (Å²) in [5.74, 6) is 1.44. The van der Waals surface area contributed by atoms with Crippen molar-refractivity contribution >= 4 is 33.3 Å². The van der Waals surface area contributed by atoms with Crippen molar-refractivity contribution in [3.63, 3.8) is 0 Å². The summed E-state index contributed by atoms with van der Waals surface area (Å²) in [7, 11) is 3.18. The molecule has 0 aliphatic heterocycles. The highest BCUT2D eigenvalue weighted by Crippen LogP contribution is 2.33. The first-order valence-corrected chi connectivity index (χ1v) is 11.1. The van der Waals surface area contributed by atoms with Crippen molar-refractivity contribution in [2.24, 2.45) is 5.92 Å². The van der Waals surface area contributed by atoms with E-state index in [4.69, 9.17) is 14.5 Å². The van der Waals surface area contributed by atoms with Gasteiger partial charge in [0.25, 0.3) is 5.91 Å². The van der Waals surface area contributed by atoms with Gasteiger partial charge >= 0.3 is 0 Å². The van der Waals surface area contributed by atoms with Gasteiger partial charge in [0.2, 0.25) is 5.13 Å². The molecule has 0 spiro atoms. The highest BCUT2D eigenvalue weighted by Gasteiger charge is 2.17. The molecule has 32 heavy (non-hydrogen) atoms. The maximum absolute atomic E-state index is 13.2. The van der Waals surface area contributed by atoms with Crippen LogP contribution in [-0.4, -0.2) is 35.3 Å². The Balaban J connectivity index is 1.73. The van der Waals surface area contributed by atoms with Crippen molar-refractivity contribution in [1.29, 1.82) is 0 Å². The third-order valence-corrected chi connectivity index (χ3v) is 5.77. The Morgan fingerprint density at radius 2 is 1.81 bits per heavy atom. The molecule has 2 aromatic carbocycles. The van der Waals surface area contributed by atoms with Crippen molar-refractivity contribution in [2.45, 2.75) is 20.3 Å². The van der Waals surface area contributed by atoms with E-state index in [1.807, 2.05) is 42.5 Å². The summed E-state index contributed by atoms with van der Waals surface area (Å²) in [4.78, 5) is 18.0. The first-order chi connectivity index (χ1) is 15.5. The van der Waals surface area contributed by atoms with Crippen molar-refractivity contribution in [2.75, 3.05) is 19.5 Å².